The van der Waals surface area contributed by atoms with Crippen molar-refractivity contribution in [1.82, 2.24) is 5.01 Å². The fourth-order valence-corrected chi connectivity index (χ4v) is 1.22. The summed E-state index contributed by atoms with van der Waals surface area (Å²) in [5, 5.41) is 0.936. The molecule has 1 aromatic rings. The molecule has 1 aromatic carbocycles. The number of carbonyl (C=O) groups is 1. The molecule has 0 spiro atoms. The third kappa shape index (κ3) is 5.01. The van der Waals surface area contributed by atoms with E-state index in [0.717, 1.165) is 10.6 Å². The van der Waals surface area contributed by atoms with Crippen molar-refractivity contribution in [3.63, 3.8) is 0 Å². The van der Waals surface area contributed by atoms with Gasteiger partial charge in [0.2, 0.25) is 0 Å². The normalized spacial score (nSPS) is 11.6. The van der Waals surface area contributed by atoms with Crippen molar-refractivity contribution in [3.05, 3.63) is 41.6 Å². The summed E-state index contributed by atoms with van der Waals surface area (Å²) in [7, 11) is 0. The van der Waals surface area contributed by atoms with Gasteiger partial charge in [0.1, 0.15) is 5.60 Å². The first-order chi connectivity index (χ1) is 8.28. The lowest BCUT2D eigenvalue weighted by Gasteiger charge is -2.22. The van der Waals surface area contributed by atoms with Crippen LogP contribution in [-0.4, -0.2) is 16.7 Å². The van der Waals surface area contributed by atoms with Gasteiger partial charge in [-0.05, 0) is 39.3 Å². The lowest BCUT2D eigenvalue weighted by molar-refractivity contribution is 0.0335. The number of nitrogens with zero attached hydrogens (tertiary/aromatic N) is 1. The second-order valence-corrected chi connectivity index (χ2v) is 5.11. The Hall–Kier alpha value is -1.81. The number of rotatable bonds is 2. The molecule has 18 heavy (non-hydrogen) atoms. The van der Waals surface area contributed by atoms with Gasteiger partial charge in [0.25, 0.3) is 0 Å². The highest BCUT2D eigenvalue weighted by Crippen LogP contribution is 2.09. The predicted octanol–water partition coefficient (Wildman–Crippen LogP) is 3.08. The molecule has 0 atom stereocenters. The number of amides is 1. The molecule has 0 aliphatic rings. The molecule has 4 nitrogen and oxygen atoms in total. The largest absolute Gasteiger partial charge is 0.443 e. The molecule has 0 aromatic heterocycles. The highest BCUT2D eigenvalue weighted by Gasteiger charge is 2.18. The summed E-state index contributed by atoms with van der Waals surface area (Å²) in [6, 6.07) is 7.89. The van der Waals surface area contributed by atoms with Crippen molar-refractivity contribution in [2.45, 2.75) is 33.3 Å². The number of carbonyl (C=O) groups excluding carboxylic acids is 1. The summed E-state index contributed by atoms with van der Waals surface area (Å²) in [5.41, 5.74) is 1.61. The number of hydrazine groups is 1. The first-order valence-corrected chi connectivity index (χ1v) is 5.80. The highest BCUT2D eigenvalue weighted by molar-refractivity contribution is 5.70. The van der Waals surface area contributed by atoms with Crippen LogP contribution >= 0.6 is 0 Å². The zero-order valence-corrected chi connectivity index (χ0v) is 11.3. The summed E-state index contributed by atoms with van der Waals surface area (Å²) in [4.78, 5) is 11.6. The summed E-state index contributed by atoms with van der Waals surface area (Å²) in [6.07, 6.45) is 2.66. The number of hydrogen-bond donors (Lipinski definition) is 1. The topological polar surface area (TPSA) is 55.6 Å². The maximum atomic E-state index is 11.6. The average Bonchev–Trinajstić information content (AvgIpc) is 2.25. The van der Waals surface area contributed by atoms with E-state index in [-0.39, 0.29) is 0 Å². The minimum absolute atomic E-state index is 0.549. The molecule has 0 saturated heterocycles. The van der Waals surface area contributed by atoms with E-state index in [1.165, 1.54) is 11.8 Å². The van der Waals surface area contributed by atoms with Crippen LogP contribution in [0.4, 0.5) is 4.79 Å². The van der Waals surface area contributed by atoms with E-state index in [1.54, 1.807) is 26.8 Å². The zero-order valence-electron chi connectivity index (χ0n) is 11.3. The number of hydrogen-bond acceptors (Lipinski definition) is 3. The van der Waals surface area contributed by atoms with Gasteiger partial charge in [-0.15, -0.1) is 0 Å². The molecule has 0 aliphatic heterocycles. The van der Waals surface area contributed by atoms with Crippen LogP contribution in [0.1, 0.15) is 31.9 Å². The minimum Gasteiger partial charge on any atom is -0.443 e. The van der Waals surface area contributed by atoms with Crippen molar-refractivity contribution in [3.8, 4) is 0 Å². The zero-order chi connectivity index (χ0) is 13.8. The SMILES string of the molecule is Cc1ccc(/C=C/N(N)C(=O)OC(C)(C)C)cc1. The average molecular weight is 248 g/mol. The molecular weight excluding hydrogens is 228 g/mol. The second kappa shape index (κ2) is 5.69. The Morgan fingerprint density at radius 2 is 1.83 bits per heavy atom. The molecule has 98 valence electrons. The van der Waals surface area contributed by atoms with E-state index < -0.39 is 11.7 Å². The molecule has 1 rings (SSSR count). The lowest BCUT2D eigenvalue weighted by atomic mass is 10.1. The van der Waals surface area contributed by atoms with Gasteiger partial charge in [-0.25, -0.2) is 15.6 Å². The van der Waals surface area contributed by atoms with Crippen molar-refractivity contribution in [1.29, 1.82) is 0 Å². The van der Waals surface area contributed by atoms with Gasteiger partial charge in [-0.3, -0.25) is 0 Å². The number of aryl methyl sites for hydroxylation is 1. The van der Waals surface area contributed by atoms with Gasteiger partial charge in [-0.2, -0.15) is 0 Å². The maximum absolute atomic E-state index is 11.6. The fraction of sp³-hybridized carbons (Fsp3) is 0.357. The van der Waals surface area contributed by atoms with Crippen LogP contribution in [0, 0.1) is 6.92 Å². The van der Waals surface area contributed by atoms with E-state index in [4.69, 9.17) is 10.6 Å². The highest BCUT2D eigenvalue weighted by atomic mass is 16.6. The van der Waals surface area contributed by atoms with Gasteiger partial charge < -0.3 is 4.74 Å². The summed E-state index contributed by atoms with van der Waals surface area (Å²) in [5.74, 6) is 5.57. The molecule has 0 aliphatic carbocycles. The third-order valence-corrected chi connectivity index (χ3v) is 2.11. The smallest absolute Gasteiger partial charge is 0.428 e. The summed E-state index contributed by atoms with van der Waals surface area (Å²) >= 11 is 0. The van der Waals surface area contributed by atoms with Crippen LogP contribution < -0.4 is 5.84 Å². The Morgan fingerprint density at radius 1 is 1.28 bits per heavy atom. The first kappa shape index (κ1) is 14.3. The van der Waals surface area contributed by atoms with Crippen LogP contribution in [0.2, 0.25) is 0 Å². The van der Waals surface area contributed by atoms with E-state index in [0.29, 0.717) is 0 Å². The number of benzene rings is 1. The van der Waals surface area contributed by atoms with Gasteiger partial charge in [0.05, 0.1) is 0 Å². The Balaban J connectivity index is 2.61. The molecule has 1 amide bonds. The van der Waals surface area contributed by atoms with E-state index in [9.17, 15) is 4.79 Å². The van der Waals surface area contributed by atoms with E-state index in [1.807, 2.05) is 31.2 Å². The fourth-order valence-electron chi connectivity index (χ4n) is 1.22. The molecule has 2 N–H and O–H groups in total. The van der Waals surface area contributed by atoms with Crippen LogP contribution in [-0.2, 0) is 4.74 Å². The van der Waals surface area contributed by atoms with Crippen LogP contribution in [0.15, 0.2) is 30.5 Å². The Kier molecular flexibility index (Phi) is 4.50. The van der Waals surface area contributed by atoms with Crippen LogP contribution in [0.25, 0.3) is 6.08 Å². The minimum atomic E-state index is -0.578. The molecule has 0 fully saturated rings. The van der Waals surface area contributed by atoms with Crippen molar-refractivity contribution < 1.29 is 9.53 Å². The number of ether oxygens (including phenoxy) is 1. The standard InChI is InChI=1S/C14H20N2O2/c1-11-5-7-12(8-6-11)9-10-16(15)13(17)18-14(2,3)4/h5-10H,15H2,1-4H3/b10-9+. The van der Waals surface area contributed by atoms with E-state index in [2.05, 4.69) is 0 Å². The molecule has 4 heteroatoms. The molecular formula is C14H20N2O2. The molecule has 0 bridgehead atoms. The van der Waals surface area contributed by atoms with Crippen molar-refractivity contribution in [2.75, 3.05) is 0 Å². The van der Waals surface area contributed by atoms with Gasteiger partial charge in [0.15, 0.2) is 0 Å². The Labute approximate surface area is 108 Å². The summed E-state index contributed by atoms with van der Waals surface area (Å²) in [6.45, 7) is 7.40. The summed E-state index contributed by atoms with van der Waals surface area (Å²) < 4.78 is 5.12. The van der Waals surface area contributed by atoms with Crippen molar-refractivity contribution in [2.24, 2.45) is 5.84 Å². The molecule has 0 heterocycles. The monoisotopic (exact) mass is 248 g/mol. The Bertz CT molecular complexity index is 430. The Morgan fingerprint density at radius 3 is 2.33 bits per heavy atom. The van der Waals surface area contributed by atoms with Gasteiger partial charge in [0, 0.05) is 6.20 Å². The van der Waals surface area contributed by atoms with Crippen LogP contribution in [0.5, 0.6) is 0 Å². The van der Waals surface area contributed by atoms with Crippen molar-refractivity contribution >= 4 is 12.2 Å². The third-order valence-electron chi connectivity index (χ3n) is 2.11. The maximum Gasteiger partial charge on any atom is 0.428 e. The predicted molar refractivity (Wildman–Crippen MR) is 72.5 cm³/mol. The van der Waals surface area contributed by atoms with Crippen LogP contribution in [0.3, 0.4) is 0 Å². The lowest BCUT2D eigenvalue weighted by Crippen LogP contribution is -2.37. The first-order valence-electron chi connectivity index (χ1n) is 5.80. The van der Waals surface area contributed by atoms with Gasteiger partial charge in [-0.1, -0.05) is 29.8 Å². The van der Waals surface area contributed by atoms with Gasteiger partial charge >= 0.3 is 6.09 Å². The quantitative estimate of drug-likeness (QED) is 0.497. The molecule has 0 unspecified atom stereocenters. The second-order valence-electron chi connectivity index (χ2n) is 5.11. The van der Waals surface area contributed by atoms with E-state index >= 15 is 0 Å². The molecule has 0 saturated carbocycles. The molecule has 0 radical (unpaired) electrons. The number of nitrogens with two attached hydrogens (primary N) is 1.